The third-order valence-electron chi connectivity index (χ3n) is 3.66. The fraction of sp³-hybridized carbons (Fsp3) is 0.200. The van der Waals surface area contributed by atoms with Gasteiger partial charge in [0.15, 0.2) is 0 Å². The van der Waals surface area contributed by atoms with E-state index in [0.717, 1.165) is 6.42 Å². The molecule has 2 aromatic rings. The average molecular weight is 270 g/mol. The molecule has 0 aliphatic heterocycles. The molecule has 96 valence electrons. The molecular formula is C15H14N2OS. The molecule has 1 aliphatic rings. The maximum absolute atomic E-state index is 12.2. The van der Waals surface area contributed by atoms with E-state index in [4.69, 9.17) is 18.0 Å². The van der Waals surface area contributed by atoms with Gasteiger partial charge in [-0.1, -0.05) is 36.5 Å². The summed E-state index contributed by atoms with van der Waals surface area (Å²) in [5, 5.41) is 0. The fourth-order valence-corrected chi connectivity index (χ4v) is 2.79. The molecule has 3 nitrogen and oxygen atoms in total. The van der Waals surface area contributed by atoms with Crippen molar-refractivity contribution in [1.82, 2.24) is 4.57 Å². The highest BCUT2D eigenvalue weighted by atomic mass is 32.1. The van der Waals surface area contributed by atoms with Gasteiger partial charge >= 0.3 is 0 Å². The standard InChI is InChI=1S/C15H14N2OS/c16-14(19)13-6-3-7-17(15(13)18)9-11-8-10-4-1-2-5-12(10)11/h1-7,11H,8-9H2,(H2,16,19). The first kappa shape index (κ1) is 12.1. The molecular weight excluding hydrogens is 256 g/mol. The number of hydrogen-bond donors (Lipinski definition) is 1. The second-order valence-corrected chi connectivity index (χ2v) is 5.28. The number of fused-ring (bicyclic) bond motifs is 1. The molecule has 0 amide bonds. The van der Waals surface area contributed by atoms with Gasteiger partial charge in [-0.15, -0.1) is 0 Å². The number of nitrogens with two attached hydrogens (primary N) is 1. The summed E-state index contributed by atoms with van der Waals surface area (Å²) in [6.45, 7) is 0.687. The second kappa shape index (κ2) is 4.63. The highest BCUT2D eigenvalue weighted by molar-refractivity contribution is 7.80. The lowest BCUT2D eigenvalue weighted by molar-refractivity contribution is 0.498. The second-order valence-electron chi connectivity index (χ2n) is 4.84. The predicted octanol–water partition coefficient (Wildman–Crippen LogP) is 1.82. The van der Waals surface area contributed by atoms with Crippen LogP contribution in [0.1, 0.15) is 22.6 Å². The molecule has 4 heteroatoms. The van der Waals surface area contributed by atoms with Crippen molar-refractivity contribution in [3.8, 4) is 0 Å². The van der Waals surface area contributed by atoms with Crippen LogP contribution in [0.4, 0.5) is 0 Å². The third kappa shape index (κ3) is 2.08. The first-order chi connectivity index (χ1) is 9.16. The molecule has 1 atom stereocenters. The number of rotatable bonds is 3. The van der Waals surface area contributed by atoms with Crippen LogP contribution in [0.2, 0.25) is 0 Å². The fourth-order valence-electron chi connectivity index (χ4n) is 2.63. The minimum atomic E-state index is -0.0978. The molecule has 19 heavy (non-hydrogen) atoms. The first-order valence-corrected chi connectivity index (χ1v) is 6.64. The number of pyridine rings is 1. The molecule has 1 aromatic heterocycles. The summed E-state index contributed by atoms with van der Waals surface area (Å²) in [5.41, 5.74) is 8.60. The molecule has 2 N–H and O–H groups in total. The minimum Gasteiger partial charge on any atom is -0.389 e. The van der Waals surface area contributed by atoms with Crippen LogP contribution in [0.3, 0.4) is 0 Å². The maximum atomic E-state index is 12.2. The Balaban J connectivity index is 1.89. The van der Waals surface area contributed by atoms with E-state index in [2.05, 4.69) is 18.2 Å². The van der Waals surface area contributed by atoms with Gasteiger partial charge in [-0.2, -0.15) is 0 Å². The van der Waals surface area contributed by atoms with Gasteiger partial charge in [-0.25, -0.2) is 0 Å². The van der Waals surface area contributed by atoms with Crippen LogP contribution in [0, 0.1) is 0 Å². The lowest BCUT2D eigenvalue weighted by atomic mass is 9.77. The predicted molar refractivity (Wildman–Crippen MR) is 79.5 cm³/mol. The number of thiocarbonyl (C=S) groups is 1. The molecule has 0 radical (unpaired) electrons. The third-order valence-corrected chi connectivity index (χ3v) is 3.88. The largest absolute Gasteiger partial charge is 0.389 e. The number of aromatic nitrogens is 1. The Bertz CT molecular complexity index is 705. The van der Waals surface area contributed by atoms with Crippen LogP contribution in [0.25, 0.3) is 0 Å². The molecule has 1 heterocycles. The van der Waals surface area contributed by atoms with Crippen molar-refractivity contribution in [2.75, 3.05) is 0 Å². The Morgan fingerprint density at radius 1 is 1.32 bits per heavy atom. The Hall–Kier alpha value is -1.94. The van der Waals surface area contributed by atoms with E-state index in [-0.39, 0.29) is 10.5 Å². The zero-order valence-electron chi connectivity index (χ0n) is 10.4. The van der Waals surface area contributed by atoms with Gasteiger partial charge in [0.2, 0.25) is 0 Å². The number of nitrogens with zero attached hydrogens (tertiary/aromatic N) is 1. The quantitative estimate of drug-likeness (QED) is 0.866. The highest BCUT2D eigenvalue weighted by Gasteiger charge is 2.25. The van der Waals surface area contributed by atoms with Gasteiger partial charge in [0, 0.05) is 18.7 Å². The molecule has 0 fully saturated rings. The summed E-state index contributed by atoms with van der Waals surface area (Å²) < 4.78 is 1.70. The van der Waals surface area contributed by atoms with Crippen LogP contribution in [-0.4, -0.2) is 9.56 Å². The zero-order chi connectivity index (χ0) is 13.4. The summed E-state index contributed by atoms with van der Waals surface area (Å²) in [6, 6.07) is 11.9. The van der Waals surface area contributed by atoms with Crippen molar-refractivity contribution in [2.45, 2.75) is 18.9 Å². The number of hydrogen-bond acceptors (Lipinski definition) is 2. The Labute approximate surface area is 116 Å². The van der Waals surface area contributed by atoms with Gasteiger partial charge in [0.05, 0.1) is 5.56 Å². The van der Waals surface area contributed by atoms with Crippen LogP contribution >= 0.6 is 12.2 Å². The maximum Gasteiger partial charge on any atom is 0.260 e. The van der Waals surface area contributed by atoms with Gasteiger partial charge < -0.3 is 10.3 Å². The van der Waals surface area contributed by atoms with E-state index in [1.165, 1.54) is 11.1 Å². The van der Waals surface area contributed by atoms with Gasteiger partial charge in [-0.3, -0.25) is 4.79 Å². The summed E-state index contributed by atoms with van der Waals surface area (Å²) in [5.74, 6) is 0.412. The molecule has 0 saturated carbocycles. The average Bonchev–Trinajstić information content (AvgIpc) is 2.37. The van der Waals surface area contributed by atoms with Gasteiger partial charge in [-0.05, 0) is 29.7 Å². The van der Waals surface area contributed by atoms with E-state index >= 15 is 0 Å². The van der Waals surface area contributed by atoms with Crippen molar-refractivity contribution >= 4 is 17.2 Å². The zero-order valence-corrected chi connectivity index (χ0v) is 11.2. The minimum absolute atomic E-state index is 0.0978. The van der Waals surface area contributed by atoms with E-state index < -0.39 is 0 Å². The summed E-state index contributed by atoms with van der Waals surface area (Å²) in [6.07, 6.45) is 2.82. The number of benzene rings is 1. The van der Waals surface area contributed by atoms with E-state index in [9.17, 15) is 4.79 Å². The first-order valence-electron chi connectivity index (χ1n) is 6.24. The summed E-state index contributed by atoms with van der Waals surface area (Å²) >= 11 is 4.89. The Kier molecular flexibility index (Phi) is 2.95. The highest BCUT2D eigenvalue weighted by Crippen LogP contribution is 2.35. The normalized spacial score (nSPS) is 16.5. The van der Waals surface area contributed by atoms with Gasteiger partial charge in [0.1, 0.15) is 4.99 Å². The topological polar surface area (TPSA) is 48.0 Å². The smallest absolute Gasteiger partial charge is 0.260 e. The lowest BCUT2D eigenvalue weighted by Gasteiger charge is -2.30. The summed E-state index contributed by atoms with van der Waals surface area (Å²) in [7, 11) is 0. The lowest BCUT2D eigenvalue weighted by Crippen LogP contribution is -2.32. The molecule has 1 unspecified atom stereocenters. The Morgan fingerprint density at radius 3 is 2.84 bits per heavy atom. The van der Waals surface area contributed by atoms with Crippen LogP contribution < -0.4 is 11.3 Å². The van der Waals surface area contributed by atoms with E-state index in [1.54, 1.807) is 16.8 Å². The summed E-state index contributed by atoms with van der Waals surface area (Å²) in [4.78, 5) is 12.4. The van der Waals surface area contributed by atoms with E-state index in [1.807, 2.05) is 12.1 Å². The molecule has 0 spiro atoms. The van der Waals surface area contributed by atoms with E-state index in [0.29, 0.717) is 18.0 Å². The molecule has 3 rings (SSSR count). The van der Waals surface area contributed by atoms with Crippen LogP contribution in [0.5, 0.6) is 0 Å². The van der Waals surface area contributed by atoms with Crippen molar-refractivity contribution in [3.63, 3.8) is 0 Å². The molecule has 0 bridgehead atoms. The molecule has 0 saturated heterocycles. The Morgan fingerprint density at radius 2 is 2.11 bits per heavy atom. The molecule has 1 aliphatic carbocycles. The van der Waals surface area contributed by atoms with Crippen LogP contribution in [0.15, 0.2) is 47.4 Å². The van der Waals surface area contributed by atoms with Crippen LogP contribution in [-0.2, 0) is 13.0 Å². The van der Waals surface area contributed by atoms with Crippen molar-refractivity contribution < 1.29 is 0 Å². The van der Waals surface area contributed by atoms with Crippen molar-refractivity contribution in [3.05, 3.63) is 69.6 Å². The molecule has 1 aromatic carbocycles. The van der Waals surface area contributed by atoms with Crippen molar-refractivity contribution in [2.24, 2.45) is 5.73 Å². The SMILES string of the molecule is NC(=S)c1cccn(CC2Cc3ccccc32)c1=O. The van der Waals surface area contributed by atoms with Crippen molar-refractivity contribution in [1.29, 1.82) is 0 Å². The van der Waals surface area contributed by atoms with Gasteiger partial charge in [0.25, 0.3) is 5.56 Å². The monoisotopic (exact) mass is 270 g/mol.